The molecular formula is C79H107F3N2O4S7. The summed E-state index contributed by atoms with van der Waals surface area (Å²) < 4.78 is 79.8. The number of aromatic nitrogens is 2. The van der Waals surface area contributed by atoms with Crippen molar-refractivity contribution >= 4 is 127 Å². The number of unbranched alkanes of at least 4 members (excludes halogenated alkanes) is 6. The van der Waals surface area contributed by atoms with E-state index in [0.717, 1.165) is 143 Å². The summed E-state index contributed by atoms with van der Waals surface area (Å²) in [5.41, 5.74) is 2.11. The molecule has 0 saturated heterocycles. The van der Waals surface area contributed by atoms with Crippen molar-refractivity contribution in [2.75, 3.05) is 13.2 Å². The fourth-order valence-electron chi connectivity index (χ4n) is 13.7. The molecule has 6 nitrogen and oxygen atoms in total. The standard InChI is InChI=1S/C42H57FO3S4.C37H50F2N2OS3/c1-8-13-16-17-18-21-32(44)41-35(43)34-38(50-41)27(7)48-42(34)33-23-31-37(46-25-29(12-5)20-15-10-3)39-30(22-26(6)47-39)36(40(31)49-33)45-24-28(11-4)19-14-9-2;1-21(2)11-9-13-23(5)15-17-37(18-16-24(6)14-10-12-22(3)4)27-19-25(7)43-35(27)36-28(42-37)20-29(44-36)30-32(39)31(38)26(8)33-34(30)41-45-40-33/h22-23,28-29H,8-21,24-25H2,1-7H3;19-24H,9-18H2,1-8H3. The number of hydrogen-bond donors (Lipinski definition) is 0. The number of thiophene rings is 6. The van der Waals surface area contributed by atoms with Gasteiger partial charge in [-0.15, -0.1) is 68.0 Å². The Morgan fingerprint density at radius 3 is 1.72 bits per heavy atom. The molecule has 7 aromatic heterocycles. The van der Waals surface area contributed by atoms with Gasteiger partial charge in [0.25, 0.3) is 0 Å². The SMILES string of the molecule is CCCCCCCC(=O)c1sc2c(C)sc(-c3cc4c(OCC(CC)CCCC)c5sc(C)cc5c(OCC(CC)CCCC)c4s3)c2c1F.Cc1cc2c(s1)-c1sc(-c3c(F)c(F)c(C)c4nsnc34)cc1OC2(CCC(C)CCCC(C)C)CCC(C)CCCC(C)C. The Morgan fingerprint density at radius 1 is 0.537 bits per heavy atom. The van der Waals surface area contributed by atoms with E-state index in [9.17, 15) is 4.79 Å². The summed E-state index contributed by atoms with van der Waals surface area (Å²) in [7, 11) is 0. The van der Waals surface area contributed by atoms with E-state index in [1.54, 1.807) is 52.3 Å². The molecule has 4 atom stereocenters. The molecule has 0 spiro atoms. The maximum absolute atomic E-state index is 16.4. The summed E-state index contributed by atoms with van der Waals surface area (Å²) >= 11 is 10.7. The molecule has 1 aliphatic rings. The van der Waals surface area contributed by atoms with E-state index < -0.39 is 17.2 Å². The second-order valence-corrected chi connectivity index (χ2v) is 36.0. The number of Topliss-reactive ketones (excluding diaryl/α,β-unsaturated/α-hetero) is 1. The molecule has 9 aromatic rings. The lowest BCUT2D eigenvalue weighted by Gasteiger charge is -2.39. The van der Waals surface area contributed by atoms with E-state index in [4.69, 9.17) is 14.2 Å². The van der Waals surface area contributed by atoms with Crippen LogP contribution in [0.25, 0.3) is 71.2 Å². The van der Waals surface area contributed by atoms with Crippen molar-refractivity contribution in [3.8, 4) is 47.2 Å². The number of hydrogen-bond acceptors (Lipinski definition) is 13. The Hall–Kier alpha value is -3.90. The molecule has 0 saturated carbocycles. The lowest BCUT2D eigenvalue weighted by Crippen LogP contribution is -2.36. The molecule has 10 rings (SSSR count). The fourth-order valence-corrected chi connectivity index (χ4v) is 21.4. The highest BCUT2D eigenvalue weighted by atomic mass is 32.1. The smallest absolute Gasteiger partial charge is 0.175 e. The van der Waals surface area contributed by atoms with Gasteiger partial charge in [0.2, 0.25) is 0 Å². The van der Waals surface area contributed by atoms with Crippen LogP contribution in [0.2, 0.25) is 0 Å². The second kappa shape index (κ2) is 34.9. The van der Waals surface area contributed by atoms with Gasteiger partial charge in [0.05, 0.1) is 59.2 Å². The number of rotatable bonds is 37. The van der Waals surface area contributed by atoms with E-state index in [0.29, 0.717) is 69.5 Å². The average molecular weight is 1430 g/mol. The Morgan fingerprint density at radius 2 is 1.12 bits per heavy atom. The fraction of sp³-hybridized carbons (Fsp3) is 0.608. The lowest BCUT2D eigenvalue weighted by atomic mass is 9.78. The van der Waals surface area contributed by atoms with Gasteiger partial charge >= 0.3 is 0 Å². The van der Waals surface area contributed by atoms with Gasteiger partial charge in [-0.3, -0.25) is 4.79 Å². The molecule has 0 bridgehead atoms. The molecule has 0 fully saturated rings. The van der Waals surface area contributed by atoms with Gasteiger partial charge in [-0.1, -0.05) is 179 Å². The Balaban J connectivity index is 0.000000225. The number of aryl methyl sites for hydroxylation is 4. The number of carbonyl (C=O) groups is 1. The van der Waals surface area contributed by atoms with E-state index in [1.807, 2.05) is 6.07 Å². The van der Waals surface area contributed by atoms with Gasteiger partial charge in [-0.05, 0) is 132 Å². The van der Waals surface area contributed by atoms with Crippen molar-refractivity contribution in [2.45, 2.75) is 264 Å². The molecule has 0 aliphatic carbocycles. The van der Waals surface area contributed by atoms with Crippen molar-refractivity contribution in [3.05, 3.63) is 72.4 Å². The Labute approximate surface area is 594 Å². The molecule has 4 unspecified atom stereocenters. The first kappa shape index (κ1) is 75.3. The highest BCUT2D eigenvalue weighted by Crippen LogP contribution is 2.59. The zero-order chi connectivity index (χ0) is 68.3. The van der Waals surface area contributed by atoms with Crippen LogP contribution in [0.1, 0.15) is 266 Å². The zero-order valence-corrected chi connectivity index (χ0v) is 65.4. The summed E-state index contributed by atoms with van der Waals surface area (Å²) in [4.78, 5) is 21.9. The first-order valence-corrected chi connectivity index (χ1v) is 41.8. The van der Waals surface area contributed by atoms with Gasteiger partial charge in [-0.2, -0.15) is 8.75 Å². The van der Waals surface area contributed by atoms with Crippen LogP contribution in [-0.4, -0.2) is 27.7 Å². The van der Waals surface area contributed by atoms with Crippen LogP contribution in [0.4, 0.5) is 13.2 Å². The van der Waals surface area contributed by atoms with Crippen LogP contribution in [-0.2, 0) is 5.60 Å². The van der Waals surface area contributed by atoms with Crippen molar-refractivity contribution in [1.82, 2.24) is 8.75 Å². The number of fused-ring (bicyclic) bond motifs is 7. The lowest BCUT2D eigenvalue weighted by molar-refractivity contribution is 0.0323. The molecule has 0 radical (unpaired) electrons. The molecule has 0 amide bonds. The topological polar surface area (TPSA) is 70.5 Å². The van der Waals surface area contributed by atoms with Crippen LogP contribution in [0.15, 0.2) is 24.3 Å². The van der Waals surface area contributed by atoms with Gasteiger partial charge in [-0.25, -0.2) is 13.2 Å². The minimum Gasteiger partial charge on any atom is -0.491 e. The number of halogens is 3. The molecular weight excluding hydrogens is 1320 g/mol. The third kappa shape index (κ3) is 17.8. The third-order valence-electron chi connectivity index (χ3n) is 19.8. The summed E-state index contributed by atoms with van der Waals surface area (Å²) in [6.07, 6.45) is 26.7. The number of nitrogens with zero attached hydrogens (tertiary/aromatic N) is 2. The second-order valence-electron chi connectivity index (χ2n) is 28.6. The summed E-state index contributed by atoms with van der Waals surface area (Å²) in [5, 5.41) is 2.79. The van der Waals surface area contributed by atoms with E-state index in [1.165, 1.54) is 133 Å². The van der Waals surface area contributed by atoms with Gasteiger partial charge in [0.1, 0.15) is 38.8 Å². The van der Waals surface area contributed by atoms with Crippen molar-refractivity contribution < 1.29 is 32.2 Å². The van der Waals surface area contributed by atoms with Crippen LogP contribution in [0.5, 0.6) is 17.2 Å². The zero-order valence-electron chi connectivity index (χ0n) is 59.7. The van der Waals surface area contributed by atoms with Crippen LogP contribution in [0, 0.1) is 80.7 Å². The number of ketones is 1. The minimum absolute atomic E-state index is 0.0593. The summed E-state index contributed by atoms with van der Waals surface area (Å²) in [6, 6.07) is 8.75. The van der Waals surface area contributed by atoms with Crippen LogP contribution in [0.3, 0.4) is 0 Å². The van der Waals surface area contributed by atoms with Gasteiger partial charge in [0.15, 0.2) is 23.2 Å². The number of benzene rings is 2. The molecule has 1 aliphatic heterocycles. The molecule has 8 heterocycles. The summed E-state index contributed by atoms with van der Waals surface area (Å²) in [5.74, 6) is 4.26. The predicted molar refractivity (Wildman–Crippen MR) is 411 cm³/mol. The van der Waals surface area contributed by atoms with Crippen LogP contribution < -0.4 is 14.2 Å². The monoisotopic (exact) mass is 1430 g/mol. The van der Waals surface area contributed by atoms with Crippen molar-refractivity contribution in [3.63, 3.8) is 0 Å². The average Bonchev–Trinajstić information content (AvgIpc) is 1.59. The largest absolute Gasteiger partial charge is 0.491 e. The van der Waals surface area contributed by atoms with Crippen molar-refractivity contribution in [1.29, 1.82) is 0 Å². The van der Waals surface area contributed by atoms with E-state index >= 15 is 13.2 Å². The summed E-state index contributed by atoms with van der Waals surface area (Å²) in [6.45, 7) is 34.5. The third-order valence-corrected chi connectivity index (χ3v) is 27.6. The first-order valence-electron chi connectivity index (χ1n) is 36.2. The predicted octanol–water partition coefficient (Wildman–Crippen LogP) is 28.7. The highest BCUT2D eigenvalue weighted by molar-refractivity contribution is 7.30. The molecule has 2 aromatic carbocycles. The molecule has 520 valence electrons. The maximum Gasteiger partial charge on any atom is 0.175 e. The number of ether oxygens (including phenoxy) is 3. The maximum atomic E-state index is 16.4. The van der Waals surface area contributed by atoms with Crippen molar-refractivity contribution in [2.24, 2.45) is 35.5 Å². The first-order chi connectivity index (χ1) is 45.6. The molecule has 95 heavy (non-hydrogen) atoms. The minimum atomic E-state index is -0.856. The van der Waals surface area contributed by atoms with Gasteiger partial charge < -0.3 is 14.2 Å². The number of carbonyl (C=O) groups excluding carboxylic acids is 1. The van der Waals surface area contributed by atoms with E-state index in [-0.39, 0.29) is 22.7 Å². The quantitative estimate of drug-likeness (QED) is 0.0285. The molecule has 0 N–H and O–H groups in total. The van der Waals surface area contributed by atoms with E-state index in [2.05, 4.69) is 124 Å². The van der Waals surface area contributed by atoms with Crippen LogP contribution >= 0.6 is 79.7 Å². The normalized spacial score (nSPS) is 15.3. The Bertz CT molecular complexity index is 3870. The Kier molecular flexibility index (Phi) is 27.7. The molecule has 16 heteroatoms. The van der Waals surface area contributed by atoms with Gasteiger partial charge in [0, 0.05) is 58.1 Å². The highest BCUT2D eigenvalue weighted by Gasteiger charge is 2.44.